The number of hydrogen-bond donors (Lipinski definition) is 2. The maximum Gasteiger partial charge on any atom is 0.106 e. The molecule has 0 radical (unpaired) electrons. The molecule has 0 aliphatic heterocycles. The molecule has 2 N–H and O–H groups in total. The van der Waals surface area contributed by atoms with E-state index in [2.05, 4.69) is 15.3 Å². The van der Waals surface area contributed by atoms with E-state index in [-0.39, 0.29) is 0 Å². The van der Waals surface area contributed by atoms with E-state index in [9.17, 15) is 5.11 Å². The van der Waals surface area contributed by atoms with Crippen molar-refractivity contribution < 1.29 is 5.11 Å². The molecule has 6 heteroatoms. The summed E-state index contributed by atoms with van der Waals surface area (Å²) in [7, 11) is 5.87. The van der Waals surface area contributed by atoms with Crippen LogP contribution in [-0.2, 0) is 12.1 Å². The third-order valence-electron chi connectivity index (χ3n) is 2.93. The van der Waals surface area contributed by atoms with E-state index in [1.807, 2.05) is 21.1 Å². The first-order valence-corrected chi connectivity index (χ1v) is 6.50. The van der Waals surface area contributed by atoms with Crippen LogP contribution in [-0.4, -0.2) is 54.0 Å². The van der Waals surface area contributed by atoms with Gasteiger partial charge in [0.1, 0.15) is 5.60 Å². The van der Waals surface area contributed by atoms with E-state index in [1.165, 1.54) is 0 Å². The summed E-state index contributed by atoms with van der Waals surface area (Å²) in [6, 6.07) is 0. The van der Waals surface area contributed by atoms with Crippen molar-refractivity contribution in [1.82, 2.24) is 20.0 Å². The fourth-order valence-corrected chi connectivity index (χ4v) is 2.19. The molecule has 5 nitrogen and oxygen atoms in total. The molecular formula is C12H23ClN4O. The molecule has 1 atom stereocenters. The number of likely N-dealkylation sites (N-methyl/N-ethyl adjacent to an activating group) is 1. The molecule has 0 saturated carbocycles. The monoisotopic (exact) mass is 274 g/mol. The Bertz CT molecular complexity index is 376. The van der Waals surface area contributed by atoms with Gasteiger partial charge in [0.2, 0.25) is 0 Å². The van der Waals surface area contributed by atoms with Crippen LogP contribution in [0.25, 0.3) is 0 Å². The SMILES string of the molecule is CNCCC(C)(O)c1c(Cl)cnn1CCN(C)C. The van der Waals surface area contributed by atoms with Crippen LogP contribution in [0.1, 0.15) is 19.0 Å². The third kappa shape index (κ3) is 3.95. The Balaban J connectivity index is 2.88. The zero-order valence-electron chi connectivity index (χ0n) is 11.6. The Morgan fingerprint density at radius 1 is 1.56 bits per heavy atom. The maximum atomic E-state index is 10.5. The average Bonchev–Trinajstić information content (AvgIpc) is 2.66. The van der Waals surface area contributed by atoms with Crippen LogP contribution < -0.4 is 5.32 Å². The molecule has 0 saturated heterocycles. The molecule has 1 aromatic rings. The zero-order valence-corrected chi connectivity index (χ0v) is 12.3. The first-order chi connectivity index (χ1) is 8.38. The Hall–Kier alpha value is -0.620. The van der Waals surface area contributed by atoms with Gasteiger partial charge in [0.15, 0.2) is 0 Å². The van der Waals surface area contributed by atoms with Crippen LogP contribution in [0.4, 0.5) is 0 Å². The quantitative estimate of drug-likeness (QED) is 0.776. The van der Waals surface area contributed by atoms with E-state index in [4.69, 9.17) is 11.6 Å². The Labute approximate surface area is 114 Å². The lowest BCUT2D eigenvalue weighted by atomic mass is 9.98. The number of nitrogens with one attached hydrogen (secondary N) is 1. The van der Waals surface area contributed by atoms with Crippen molar-refractivity contribution in [3.63, 3.8) is 0 Å². The highest BCUT2D eigenvalue weighted by atomic mass is 35.5. The highest BCUT2D eigenvalue weighted by Crippen LogP contribution is 2.30. The van der Waals surface area contributed by atoms with Gasteiger partial charge in [-0.3, -0.25) is 4.68 Å². The van der Waals surface area contributed by atoms with E-state index < -0.39 is 5.60 Å². The van der Waals surface area contributed by atoms with E-state index in [1.54, 1.807) is 17.8 Å². The van der Waals surface area contributed by atoms with Gasteiger partial charge in [-0.1, -0.05) is 11.6 Å². The Kier molecular flexibility index (Phi) is 5.59. The fourth-order valence-electron chi connectivity index (χ4n) is 1.85. The zero-order chi connectivity index (χ0) is 13.8. The van der Waals surface area contributed by atoms with E-state index in [0.29, 0.717) is 23.7 Å². The molecule has 0 fully saturated rings. The lowest BCUT2D eigenvalue weighted by Gasteiger charge is -2.25. The second-order valence-electron chi connectivity index (χ2n) is 4.99. The fraction of sp³-hybridized carbons (Fsp3) is 0.750. The van der Waals surface area contributed by atoms with Gasteiger partial charge in [-0.05, 0) is 41.0 Å². The molecule has 0 amide bonds. The molecule has 18 heavy (non-hydrogen) atoms. The summed E-state index contributed by atoms with van der Waals surface area (Å²) in [5, 5.41) is 18.3. The topological polar surface area (TPSA) is 53.3 Å². The van der Waals surface area contributed by atoms with Gasteiger partial charge < -0.3 is 15.3 Å². The van der Waals surface area contributed by atoms with E-state index >= 15 is 0 Å². The summed E-state index contributed by atoms with van der Waals surface area (Å²) in [4.78, 5) is 2.07. The van der Waals surface area contributed by atoms with Crippen molar-refractivity contribution in [1.29, 1.82) is 0 Å². The highest BCUT2D eigenvalue weighted by molar-refractivity contribution is 6.31. The van der Waals surface area contributed by atoms with Crippen molar-refractivity contribution in [3.05, 3.63) is 16.9 Å². The van der Waals surface area contributed by atoms with Gasteiger partial charge in [-0.15, -0.1) is 0 Å². The molecule has 1 heterocycles. The summed E-state index contributed by atoms with van der Waals surface area (Å²) in [5.41, 5.74) is -0.274. The van der Waals surface area contributed by atoms with Crippen molar-refractivity contribution in [3.8, 4) is 0 Å². The average molecular weight is 275 g/mol. The minimum Gasteiger partial charge on any atom is -0.384 e. The molecule has 0 aliphatic rings. The summed E-state index contributed by atoms with van der Waals surface area (Å²) in [5.74, 6) is 0. The van der Waals surface area contributed by atoms with Crippen LogP contribution >= 0.6 is 11.6 Å². The molecule has 0 aromatic carbocycles. The number of aromatic nitrogens is 2. The van der Waals surface area contributed by atoms with Crippen molar-refractivity contribution >= 4 is 11.6 Å². The smallest absolute Gasteiger partial charge is 0.106 e. The molecule has 1 unspecified atom stereocenters. The third-order valence-corrected chi connectivity index (χ3v) is 3.20. The standard InChI is InChI=1S/C12H23ClN4O/c1-12(18,5-6-14-2)11-10(13)9-15-17(11)8-7-16(3)4/h9,14,18H,5-8H2,1-4H3. The predicted molar refractivity (Wildman–Crippen MR) is 73.9 cm³/mol. The number of aliphatic hydroxyl groups is 1. The highest BCUT2D eigenvalue weighted by Gasteiger charge is 2.29. The van der Waals surface area contributed by atoms with Gasteiger partial charge in [0.05, 0.1) is 23.5 Å². The van der Waals surface area contributed by atoms with Crippen LogP contribution in [0, 0.1) is 0 Å². The van der Waals surface area contributed by atoms with Gasteiger partial charge >= 0.3 is 0 Å². The summed E-state index contributed by atoms with van der Waals surface area (Å²) >= 11 is 6.15. The Morgan fingerprint density at radius 3 is 2.78 bits per heavy atom. The molecule has 1 aromatic heterocycles. The molecule has 1 rings (SSSR count). The van der Waals surface area contributed by atoms with Crippen molar-refractivity contribution in [2.24, 2.45) is 0 Å². The molecule has 0 bridgehead atoms. The first-order valence-electron chi connectivity index (χ1n) is 6.12. The summed E-state index contributed by atoms with van der Waals surface area (Å²) in [6.45, 7) is 4.07. The second kappa shape index (κ2) is 6.52. The molecular weight excluding hydrogens is 252 g/mol. The summed E-state index contributed by atoms with van der Waals surface area (Å²) < 4.78 is 1.79. The van der Waals surface area contributed by atoms with Crippen molar-refractivity contribution in [2.75, 3.05) is 34.2 Å². The molecule has 104 valence electrons. The minimum absolute atomic E-state index is 0.523. The predicted octanol–water partition coefficient (Wildman–Crippen LogP) is 0.915. The lowest BCUT2D eigenvalue weighted by Crippen LogP contribution is -2.31. The number of rotatable bonds is 7. The number of hydrogen-bond acceptors (Lipinski definition) is 4. The lowest BCUT2D eigenvalue weighted by molar-refractivity contribution is 0.0388. The van der Waals surface area contributed by atoms with Crippen LogP contribution in [0.3, 0.4) is 0 Å². The van der Waals surface area contributed by atoms with Crippen LogP contribution in [0.2, 0.25) is 5.02 Å². The van der Waals surface area contributed by atoms with Crippen LogP contribution in [0.15, 0.2) is 6.20 Å². The van der Waals surface area contributed by atoms with Gasteiger partial charge in [0.25, 0.3) is 0 Å². The minimum atomic E-state index is -0.969. The number of nitrogens with zero attached hydrogens (tertiary/aromatic N) is 3. The Morgan fingerprint density at radius 2 is 2.22 bits per heavy atom. The maximum absolute atomic E-state index is 10.5. The largest absolute Gasteiger partial charge is 0.384 e. The molecule has 0 aliphatic carbocycles. The van der Waals surface area contributed by atoms with Crippen molar-refractivity contribution in [2.45, 2.75) is 25.5 Å². The van der Waals surface area contributed by atoms with Crippen LogP contribution in [0.5, 0.6) is 0 Å². The molecule has 0 spiro atoms. The van der Waals surface area contributed by atoms with Gasteiger partial charge in [-0.2, -0.15) is 5.10 Å². The second-order valence-corrected chi connectivity index (χ2v) is 5.40. The van der Waals surface area contributed by atoms with Gasteiger partial charge in [0, 0.05) is 6.54 Å². The number of halogens is 1. The summed E-state index contributed by atoms with van der Waals surface area (Å²) in [6.07, 6.45) is 2.19. The first kappa shape index (κ1) is 15.4. The normalized spacial score (nSPS) is 15.1. The van der Waals surface area contributed by atoms with E-state index in [0.717, 1.165) is 13.1 Å². The van der Waals surface area contributed by atoms with Gasteiger partial charge in [-0.25, -0.2) is 0 Å².